The van der Waals surface area contributed by atoms with E-state index < -0.39 is 42.1 Å². The molecule has 1 aliphatic rings. The smallest absolute Gasteiger partial charge is 0.326 e. The van der Waals surface area contributed by atoms with Gasteiger partial charge in [0, 0.05) is 10.7 Å². The lowest BCUT2D eigenvalue weighted by atomic mass is 10.0. The molecular formula is C29H30ClN3O5. The van der Waals surface area contributed by atoms with Gasteiger partial charge in [-0.15, -0.1) is 0 Å². The summed E-state index contributed by atoms with van der Waals surface area (Å²) in [5, 5.41) is 15.8. The van der Waals surface area contributed by atoms with E-state index in [0.717, 1.165) is 11.1 Å². The maximum absolute atomic E-state index is 14.1. The van der Waals surface area contributed by atoms with Crippen LogP contribution in [-0.4, -0.2) is 46.1 Å². The molecular weight excluding hydrogens is 506 g/mol. The highest BCUT2D eigenvalue weighted by molar-refractivity contribution is 6.30. The summed E-state index contributed by atoms with van der Waals surface area (Å²) in [4.78, 5) is 40.6. The molecule has 1 fully saturated rings. The molecule has 1 aliphatic heterocycles. The first-order valence-electron chi connectivity index (χ1n) is 12.4. The molecule has 0 bridgehead atoms. The average Bonchev–Trinajstić information content (AvgIpc) is 3.37. The van der Waals surface area contributed by atoms with Crippen LogP contribution in [0, 0.1) is 0 Å². The zero-order valence-corrected chi connectivity index (χ0v) is 21.7. The molecule has 0 unspecified atom stereocenters. The first kappa shape index (κ1) is 27.2. The molecule has 0 saturated carbocycles. The summed E-state index contributed by atoms with van der Waals surface area (Å²) in [6.07, 6.45) is 0.0358. The lowest BCUT2D eigenvalue weighted by Crippen LogP contribution is -2.57. The molecule has 4 rings (SSSR count). The highest BCUT2D eigenvalue weighted by atomic mass is 35.5. The van der Waals surface area contributed by atoms with Gasteiger partial charge in [-0.3, -0.25) is 4.79 Å². The Labute approximate surface area is 226 Å². The molecule has 8 nitrogen and oxygen atoms in total. The zero-order valence-electron chi connectivity index (χ0n) is 20.9. The number of urea groups is 1. The summed E-state index contributed by atoms with van der Waals surface area (Å²) in [5.74, 6) is -1.61. The predicted octanol–water partition coefficient (Wildman–Crippen LogP) is 5.25. The van der Waals surface area contributed by atoms with Crippen molar-refractivity contribution in [3.63, 3.8) is 0 Å². The van der Waals surface area contributed by atoms with Gasteiger partial charge in [-0.2, -0.15) is 0 Å². The first-order valence-corrected chi connectivity index (χ1v) is 12.8. The number of nitrogens with one attached hydrogen (secondary N) is 2. The van der Waals surface area contributed by atoms with Crippen LogP contribution in [0.3, 0.4) is 0 Å². The van der Waals surface area contributed by atoms with Gasteiger partial charge in [0.2, 0.25) is 5.91 Å². The summed E-state index contributed by atoms with van der Waals surface area (Å²) >= 11 is 6.03. The van der Waals surface area contributed by atoms with E-state index in [1.807, 2.05) is 60.7 Å². The van der Waals surface area contributed by atoms with E-state index in [4.69, 9.17) is 16.3 Å². The Morgan fingerprint density at radius 1 is 1.00 bits per heavy atom. The Kier molecular flexibility index (Phi) is 8.99. The Morgan fingerprint density at radius 2 is 1.68 bits per heavy atom. The van der Waals surface area contributed by atoms with Gasteiger partial charge in [0.15, 0.2) is 0 Å². The van der Waals surface area contributed by atoms with Crippen molar-refractivity contribution < 1.29 is 24.2 Å². The Balaban J connectivity index is 1.60. The molecule has 9 heteroatoms. The van der Waals surface area contributed by atoms with Gasteiger partial charge in [0.1, 0.15) is 12.1 Å². The number of likely N-dealkylation sites (tertiary alicyclic amines) is 1. The van der Waals surface area contributed by atoms with E-state index in [9.17, 15) is 19.5 Å². The largest absolute Gasteiger partial charge is 0.480 e. The lowest BCUT2D eigenvalue weighted by molar-refractivity contribution is -0.152. The van der Waals surface area contributed by atoms with Crippen molar-refractivity contribution in [2.75, 3.05) is 5.32 Å². The van der Waals surface area contributed by atoms with Crippen molar-refractivity contribution in [3.05, 3.63) is 101 Å². The monoisotopic (exact) mass is 535 g/mol. The number of hydrogen-bond donors (Lipinski definition) is 3. The van der Waals surface area contributed by atoms with Gasteiger partial charge < -0.3 is 25.4 Å². The molecule has 3 aromatic rings. The number of carbonyl (C=O) groups is 3. The van der Waals surface area contributed by atoms with Crippen LogP contribution in [0.15, 0.2) is 84.9 Å². The molecule has 0 spiro atoms. The van der Waals surface area contributed by atoms with Crippen molar-refractivity contribution in [2.45, 2.75) is 50.6 Å². The topological polar surface area (TPSA) is 108 Å². The minimum Gasteiger partial charge on any atom is -0.480 e. The maximum Gasteiger partial charge on any atom is 0.326 e. The number of amides is 3. The summed E-state index contributed by atoms with van der Waals surface area (Å²) in [5.41, 5.74) is 2.19. The Morgan fingerprint density at radius 3 is 2.34 bits per heavy atom. The quantitative estimate of drug-likeness (QED) is 0.347. The summed E-state index contributed by atoms with van der Waals surface area (Å²) < 4.78 is 6.02. The lowest BCUT2D eigenvalue weighted by Gasteiger charge is -2.34. The molecule has 0 aromatic heterocycles. The highest BCUT2D eigenvalue weighted by Crippen LogP contribution is 2.37. The van der Waals surface area contributed by atoms with Crippen LogP contribution < -0.4 is 10.6 Å². The fraction of sp³-hybridized carbons (Fsp3) is 0.276. The fourth-order valence-electron chi connectivity index (χ4n) is 4.68. The van der Waals surface area contributed by atoms with Crippen molar-refractivity contribution in [2.24, 2.45) is 0 Å². The van der Waals surface area contributed by atoms with E-state index in [1.54, 1.807) is 31.2 Å². The van der Waals surface area contributed by atoms with E-state index >= 15 is 0 Å². The minimum atomic E-state index is -1.15. The SMILES string of the molecule is C[C@@H](OCc1ccccc1)[C@H](NC(=O)Nc1cccc(Cl)c1)C(=O)N1[C@@H](C(=O)O)CC[C@H]1c1ccccc1. The van der Waals surface area contributed by atoms with Gasteiger partial charge in [0.05, 0.1) is 18.8 Å². The number of rotatable bonds is 9. The van der Waals surface area contributed by atoms with Crippen LogP contribution in [0.4, 0.5) is 10.5 Å². The second kappa shape index (κ2) is 12.6. The summed E-state index contributed by atoms with van der Waals surface area (Å²) in [6, 6.07) is 22.2. The Hall–Kier alpha value is -3.88. The number of hydrogen-bond acceptors (Lipinski definition) is 4. The third kappa shape index (κ3) is 6.70. The molecule has 0 radical (unpaired) electrons. The molecule has 198 valence electrons. The average molecular weight is 536 g/mol. The van der Waals surface area contributed by atoms with Gasteiger partial charge >= 0.3 is 12.0 Å². The zero-order chi connectivity index (χ0) is 27.1. The van der Waals surface area contributed by atoms with Crippen molar-refractivity contribution in [3.8, 4) is 0 Å². The molecule has 3 aromatic carbocycles. The van der Waals surface area contributed by atoms with Crippen LogP contribution in [0.5, 0.6) is 0 Å². The third-order valence-corrected chi connectivity index (χ3v) is 6.80. The number of anilines is 1. The highest BCUT2D eigenvalue weighted by Gasteiger charge is 2.45. The molecule has 1 heterocycles. The van der Waals surface area contributed by atoms with Crippen LogP contribution in [-0.2, 0) is 20.9 Å². The van der Waals surface area contributed by atoms with Crippen LogP contribution in [0.1, 0.15) is 36.9 Å². The third-order valence-electron chi connectivity index (χ3n) is 6.57. The van der Waals surface area contributed by atoms with E-state index in [0.29, 0.717) is 23.6 Å². The molecule has 4 atom stereocenters. The van der Waals surface area contributed by atoms with Gasteiger partial charge in [-0.25, -0.2) is 9.59 Å². The number of benzene rings is 3. The number of carboxylic acids is 1. The Bertz CT molecular complexity index is 1260. The summed E-state index contributed by atoms with van der Waals surface area (Å²) in [6.45, 7) is 1.91. The molecule has 1 saturated heterocycles. The fourth-order valence-corrected chi connectivity index (χ4v) is 4.87. The molecule has 3 amide bonds. The van der Waals surface area contributed by atoms with E-state index in [-0.39, 0.29) is 6.61 Å². The van der Waals surface area contributed by atoms with Gasteiger partial charge in [-0.05, 0) is 49.1 Å². The minimum absolute atomic E-state index is 0.216. The number of halogens is 1. The normalized spacial score (nSPS) is 18.4. The number of aliphatic carboxylic acids is 1. The number of carboxylic acid groups (broad SMARTS) is 1. The van der Waals surface area contributed by atoms with Crippen molar-refractivity contribution in [1.82, 2.24) is 10.2 Å². The molecule has 38 heavy (non-hydrogen) atoms. The van der Waals surface area contributed by atoms with Crippen LogP contribution >= 0.6 is 11.6 Å². The molecule has 3 N–H and O–H groups in total. The standard InChI is InChI=1S/C29H30ClN3O5/c1-19(38-18-20-9-4-2-5-10-20)26(32-29(37)31-23-14-8-13-22(30)17-23)27(34)33-24(15-16-25(33)28(35)36)21-11-6-3-7-12-21/h2-14,17,19,24-26H,15-16,18H2,1H3,(H,35,36)(H2,31,32,37)/t19-,24+,25-,26+/m1/s1. The number of carbonyl (C=O) groups excluding carboxylic acids is 2. The number of ether oxygens (including phenoxy) is 1. The van der Waals surface area contributed by atoms with Crippen molar-refractivity contribution >= 4 is 35.2 Å². The maximum atomic E-state index is 14.1. The van der Waals surface area contributed by atoms with Crippen LogP contribution in [0.25, 0.3) is 0 Å². The van der Waals surface area contributed by atoms with Gasteiger partial charge in [-0.1, -0.05) is 78.3 Å². The predicted molar refractivity (Wildman–Crippen MR) is 145 cm³/mol. The van der Waals surface area contributed by atoms with Crippen LogP contribution in [0.2, 0.25) is 5.02 Å². The first-order chi connectivity index (χ1) is 18.3. The summed E-state index contributed by atoms with van der Waals surface area (Å²) in [7, 11) is 0. The second-order valence-corrected chi connectivity index (χ2v) is 9.63. The molecule has 0 aliphatic carbocycles. The number of nitrogens with zero attached hydrogens (tertiary/aromatic N) is 1. The van der Waals surface area contributed by atoms with E-state index in [1.165, 1.54) is 4.90 Å². The van der Waals surface area contributed by atoms with E-state index in [2.05, 4.69) is 10.6 Å². The van der Waals surface area contributed by atoms with Crippen molar-refractivity contribution in [1.29, 1.82) is 0 Å². The van der Waals surface area contributed by atoms with Gasteiger partial charge in [0.25, 0.3) is 0 Å². The second-order valence-electron chi connectivity index (χ2n) is 9.19.